The second-order valence-corrected chi connectivity index (χ2v) is 2.85. The molecule has 4 N–H and O–H groups in total. The van der Waals surface area contributed by atoms with Crippen molar-refractivity contribution in [2.75, 3.05) is 5.73 Å². The molecule has 1 aromatic rings. The number of rotatable bonds is 3. The molecule has 0 saturated heterocycles. The van der Waals surface area contributed by atoms with E-state index in [0.29, 0.717) is 0 Å². The molecule has 10 heteroatoms. The number of nitrogens with zero attached hydrogens (tertiary/aromatic N) is 2. The second kappa shape index (κ2) is 4.41. The van der Waals surface area contributed by atoms with Gasteiger partial charge in [0.25, 0.3) is 0 Å². The molecule has 1 aromatic heterocycles. The molecule has 0 atom stereocenters. The highest BCUT2D eigenvalue weighted by Gasteiger charge is 2.36. The van der Waals surface area contributed by atoms with E-state index in [1.807, 2.05) is 0 Å². The highest BCUT2D eigenvalue weighted by Crippen LogP contribution is 2.35. The molecule has 0 aliphatic heterocycles. The van der Waals surface area contributed by atoms with Gasteiger partial charge in [0.15, 0.2) is 0 Å². The van der Waals surface area contributed by atoms with E-state index in [0.717, 1.165) is 6.07 Å². The van der Waals surface area contributed by atoms with E-state index >= 15 is 0 Å². The molecule has 0 aromatic carbocycles. The number of hydrogen-bond donors (Lipinski definition) is 2. The largest absolute Gasteiger partial charge is 0.573 e. The van der Waals surface area contributed by atoms with Gasteiger partial charge in [0.05, 0.1) is 10.6 Å². The van der Waals surface area contributed by atoms with Crippen molar-refractivity contribution in [3.05, 3.63) is 21.9 Å². The first-order valence-electron chi connectivity index (χ1n) is 4.14. The molecular weight excluding hydrogens is 245 g/mol. The topological polar surface area (TPSA) is 117 Å². The van der Waals surface area contributed by atoms with Crippen molar-refractivity contribution in [1.29, 1.82) is 0 Å². The molecule has 0 fully saturated rings. The third kappa shape index (κ3) is 3.17. The first-order valence-corrected chi connectivity index (χ1v) is 4.14. The van der Waals surface area contributed by atoms with Crippen LogP contribution >= 0.6 is 0 Å². The van der Waals surface area contributed by atoms with Crippen LogP contribution in [0.3, 0.4) is 0 Å². The van der Waals surface area contributed by atoms with Gasteiger partial charge in [0.1, 0.15) is 0 Å². The highest BCUT2D eigenvalue weighted by molar-refractivity contribution is 5.62. The molecule has 94 valence electrons. The molecule has 0 unspecified atom stereocenters. The zero-order valence-electron chi connectivity index (χ0n) is 8.19. The molecule has 0 aliphatic carbocycles. The molecule has 7 nitrogen and oxygen atoms in total. The number of hydrogen-bond acceptors (Lipinski definition) is 6. The highest BCUT2D eigenvalue weighted by atomic mass is 19.4. The molecule has 0 spiro atoms. The van der Waals surface area contributed by atoms with E-state index < -0.39 is 28.5 Å². The van der Waals surface area contributed by atoms with E-state index in [1.54, 1.807) is 0 Å². The minimum Gasteiger partial charge on any atom is -0.398 e. The molecule has 0 aliphatic rings. The Kier molecular flexibility index (Phi) is 3.36. The van der Waals surface area contributed by atoms with Crippen molar-refractivity contribution in [2.45, 2.75) is 12.9 Å². The number of ether oxygens (including phenoxy) is 1. The zero-order valence-corrected chi connectivity index (χ0v) is 8.19. The second-order valence-electron chi connectivity index (χ2n) is 2.85. The maximum atomic E-state index is 12.0. The van der Waals surface area contributed by atoms with Gasteiger partial charge in [-0.2, -0.15) is 0 Å². The van der Waals surface area contributed by atoms with Gasteiger partial charge in [-0.15, -0.1) is 13.2 Å². The van der Waals surface area contributed by atoms with Crippen LogP contribution in [0.1, 0.15) is 5.69 Å². The summed E-state index contributed by atoms with van der Waals surface area (Å²) in [6, 6.07) is 0.724. The molecule has 1 rings (SSSR count). The summed E-state index contributed by atoms with van der Waals surface area (Å²) in [5, 5.41) is 10.5. The Morgan fingerprint density at radius 1 is 1.53 bits per heavy atom. The average Bonchev–Trinajstić information content (AvgIpc) is 2.13. The van der Waals surface area contributed by atoms with E-state index in [9.17, 15) is 23.3 Å². The standard InChI is InChI=1S/C7H7F3N4O3/c8-7(9,10)17-4-1-3(2-11)13-6(12)5(4)14(15)16/h1H,2,11H2,(H2,12,13). The fraction of sp³-hybridized carbons (Fsp3) is 0.286. The Labute approximate surface area is 92.3 Å². The van der Waals surface area contributed by atoms with Crippen molar-refractivity contribution in [2.24, 2.45) is 5.73 Å². The first kappa shape index (κ1) is 13.0. The first-order chi connectivity index (χ1) is 7.74. The van der Waals surface area contributed by atoms with Crippen molar-refractivity contribution >= 4 is 11.5 Å². The Morgan fingerprint density at radius 3 is 2.53 bits per heavy atom. The fourth-order valence-electron chi connectivity index (χ4n) is 1.08. The monoisotopic (exact) mass is 252 g/mol. The lowest BCUT2D eigenvalue weighted by molar-refractivity contribution is -0.388. The summed E-state index contributed by atoms with van der Waals surface area (Å²) in [4.78, 5) is 12.9. The SMILES string of the molecule is NCc1cc(OC(F)(F)F)c([N+](=O)[O-])c(N)n1. The van der Waals surface area contributed by atoms with Gasteiger partial charge >= 0.3 is 12.0 Å². The lowest BCUT2D eigenvalue weighted by Gasteiger charge is -2.10. The molecule has 17 heavy (non-hydrogen) atoms. The Balaban J connectivity index is 3.32. The minimum atomic E-state index is -5.07. The Morgan fingerprint density at radius 2 is 2.12 bits per heavy atom. The predicted molar refractivity (Wildman–Crippen MR) is 49.9 cm³/mol. The van der Waals surface area contributed by atoms with Gasteiger partial charge in [-0.25, -0.2) is 4.98 Å². The number of anilines is 1. The van der Waals surface area contributed by atoms with E-state index in [2.05, 4.69) is 9.72 Å². The van der Waals surface area contributed by atoms with Crippen molar-refractivity contribution in [3.8, 4) is 5.75 Å². The smallest absolute Gasteiger partial charge is 0.398 e. The lowest BCUT2D eigenvalue weighted by Crippen LogP contribution is -2.19. The average molecular weight is 252 g/mol. The van der Waals surface area contributed by atoms with Crippen LogP contribution in [0.2, 0.25) is 0 Å². The van der Waals surface area contributed by atoms with Crippen LogP contribution in [0.15, 0.2) is 6.07 Å². The summed E-state index contributed by atoms with van der Waals surface area (Å²) in [5.41, 5.74) is 9.22. The van der Waals surface area contributed by atoms with Gasteiger partial charge in [-0.1, -0.05) is 0 Å². The zero-order chi connectivity index (χ0) is 13.2. The molecular formula is C7H7F3N4O3. The van der Waals surface area contributed by atoms with Crippen LogP contribution in [-0.2, 0) is 6.54 Å². The molecule has 0 amide bonds. The third-order valence-electron chi connectivity index (χ3n) is 1.66. The molecule has 0 saturated carbocycles. The summed E-state index contributed by atoms with van der Waals surface area (Å²) in [5.74, 6) is -1.72. The predicted octanol–water partition coefficient (Wildman–Crippen LogP) is 0.929. The van der Waals surface area contributed by atoms with Gasteiger partial charge in [-0.3, -0.25) is 10.1 Å². The third-order valence-corrected chi connectivity index (χ3v) is 1.66. The van der Waals surface area contributed by atoms with Crippen LogP contribution in [0.4, 0.5) is 24.7 Å². The normalized spacial score (nSPS) is 11.3. The molecule has 0 bridgehead atoms. The van der Waals surface area contributed by atoms with Gasteiger partial charge in [-0.05, 0) is 0 Å². The van der Waals surface area contributed by atoms with Gasteiger partial charge < -0.3 is 16.2 Å². The quantitative estimate of drug-likeness (QED) is 0.610. The van der Waals surface area contributed by atoms with Crippen molar-refractivity contribution < 1.29 is 22.8 Å². The number of aromatic nitrogens is 1. The summed E-state index contributed by atoms with van der Waals surface area (Å²) >= 11 is 0. The number of nitro groups is 1. The minimum absolute atomic E-state index is 0.0487. The summed E-state index contributed by atoms with van der Waals surface area (Å²) < 4.78 is 39.5. The number of nitrogens with two attached hydrogens (primary N) is 2. The van der Waals surface area contributed by atoms with Crippen LogP contribution in [0, 0.1) is 10.1 Å². The van der Waals surface area contributed by atoms with Crippen molar-refractivity contribution in [1.82, 2.24) is 4.98 Å². The van der Waals surface area contributed by atoms with Crippen LogP contribution in [-0.4, -0.2) is 16.3 Å². The fourth-order valence-corrected chi connectivity index (χ4v) is 1.08. The van der Waals surface area contributed by atoms with Crippen LogP contribution < -0.4 is 16.2 Å². The van der Waals surface area contributed by atoms with Gasteiger partial charge in [0.2, 0.25) is 11.6 Å². The lowest BCUT2D eigenvalue weighted by atomic mass is 10.3. The number of pyridine rings is 1. The molecule has 0 radical (unpaired) electrons. The summed E-state index contributed by atoms with van der Waals surface area (Å²) in [7, 11) is 0. The van der Waals surface area contributed by atoms with E-state index in [1.165, 1.54) is 0 Å². The van der Waals surface area contributed by atoms with Crippen LogP contribution in [0.5, 0.6) is 5.75 Å². The van der Waals surface area contributed by atoms with Crippen LogP contribution in [0.25, 0.3) is 0 Å². The number of alkyl halides is 3. The van der Waals surface area contributed by atoms with E-state index in [-0.39, 0.29) is 12.2 Å². The number of nitrogen functional groups attached to an aromatic ring is 1. The van der Waals surface area contributed by atoms with Gasteiger partial charge in [0, 0.05) is 12.6 Å². The summed E-state index contributed by atoms with van der Waals surface area (Å²) in [6.07, 6.45) is -5.07. The Hall–Kier alpha value is -2.10. The van der Waals surface area contributed by atoms with E-state index in [4.69, 9.17) is 11.5 Å². The Bertz CT molecular complexity index is 449. The molecule has 1 heterocycles. The number of halogens is 3. The summed E-state index contributed by atoms with van der Waals surface area (Å²) in [6.45, 7) is -0.226. The maximum absolute atomic E-state index is 12.0. The van der Waals surface area contributed by atoms with Crippen molar-refractivity contribution in [3.63, 3.8) is 0 Å². The maximum Gasteiger partial charge on any atom is 0.573 e.